The average molecular weight is 285 g/mol. The van der Waals surface area contributed by atoms with E-state index in [9.17, 15) is 4.79 Å². The normalized spacial score (nSPS) is 12.0. The Kier molecular flexibility index (Phi) is 6.67. The number of carbonyl (C=O) groups excluding carboxylic acids is 1. The molecule has 0 radical (unpaired) electrons. The molecular weight excluding hydrogens is 264 g/mol. The van der Waals surface area contributed by atoms with Crippen LogP contribution in [-0.4, -0.2) is 25.1 Å². The number of amides is 1. The Hall–Kier alpha value is -1.26. The number of nitrogens with two attached hydrogens (primary N) is 1. The SMILES string of the molecule is CCCNC(=O)COc1c(Cl)cccc1CC(C)N. The van der Waals surface area contributed by atoms with Crippen LogP contribution in [0.3, 0.4) is 0 Å². The largest absolute Gasteiger partial charge is 0.482 e. The first kappa shape index (κ1) is 15.8. The zero-order valence-electron chi connectivity index (χ0n) is 11.4. The van der Waals surface area contributed by atoms with E-state index >= 15 is 0 Å². The maximum atomic E-state index is 11.5. The molecule has 0 heterocycles. The summed E-state index contributed by atoms with van der Waals surface area (Å²) >= 11 is 6.10. The van der Waals surface area contributed by atoms with Gasteiger partial charge >= 0.3 is 0 Å². The molecule has 5 heteroatoms. The number of benzene rings is 1. The van der Waals surface area contributed by atoms with Crippen LogP contribution in [0.5, 0.6) is 5.75 Å². The van der Waals surface area contributed by atoms with Gasteiger partial charge in [0.25, 0.3) is 5.91 Å². The van der Waals surface area contributed by atoms with Gasteiger partial charge in [0.15, 0.2) is 6.61 Å². The molecule has 0 aliphatic heterocycles. The topological polar surface area (TPSA) is 64.3 Å². The van der Waals surface area contributed by atoms with E-state index in [0.717, 1.165) is 12.0 Å². The lowest BCUT2D eigenvalue weighted by atomic mass is 10.1. The van der Waals surface area contributed by atoms with E-state index in [4.69, 9.17) is 22.1 Å². The molecule has 1 atom stereocenters. The van der Waals surface area contributed by atoms with Crippen LogP contribution in [0.2, 0.25) is 5.02 Å². The third-order valence-electron chi connectivity index (χ3n) is 2.51. The highest BCUT2D eigenvalue weighted by atomic mass is 35.5. The van der Waals surface area contributed by atoms with Gasteiger partial charge in [0.1, 0.15) is 5.75 Å². The minimum atomic E-state index is -0.145. The molecule has 1 aromatic rings. The highest BCUT2D eigenvalue weighted by molar-refractivity contribution is 6.32. The first-order chi connectivity index (χ1) is 9.04. The molecule has 0 aromatic heterocycles. The van der Waals surface area contributed by atoms with E-state index in [0.29, 0.717) is 23.7 Å². The summed E-state index contributed by atoms with van der Waals surface area (Å²) in [6.45, 7) is 4.53. The Bertz CT molecular complexity index is 422. The first-order valence-corrected chi connectivity index (χ1v) is 6.84. The molecule has 3 N–H and O–H groups in total. The van der Waals surface area contributed by atoms with Crippen LogP contribution in [0.1, 0.15) is 25.8 Å². The fraction of sp³-hybridized carbons (Fsp3) is 0.500. The maximum absolute atomic E-state index is 11.5. The highest BCUT2D eigenvalue weighted by Crippen LogP contribution is 2.29. The third kappa shape index (κ3) is 5.49. The Morgan fingerprint density at radius 3 is 2.89 bits per heavy atom. The number of nitrogens with one attached hydrogen (secondary N) is 1. The van der Waals surface area contributed by atoms with Crippen molar-refractivity contribution in [3.05, 3.63) is 28.8 Å². The number of para-hydroxylation sites is 1. The minimum absolute atomic E-state index is 0.00901. The summed E-state index contributed by atoms with van der Waals surface area (Å²) in [4.78, 5) is 11.5. The predicted octanol–water partition coefficient (Wildman–Crippen LogP) is 2.13. The lowest BCUT2D eigenvalue weighted by Gasteiger charge is -2.14. The van der Waals surface area contributed by atoms with Gasteiger partial charge in [-0.15, -0.1) is 0 Å². The lowest BCUT2D eigenvalue weighted by molar-refractivity contribution is -0.123. The van der Waals surface area contributed by atoms with Crippen molar-refractivity contribution in [2.45, 2.75) is 32.7 Å². The molecular formula is C14H21ClN2O2. The Morgan fingerprint density at radius 2 is 2.26 bits per heavy atom. The second-order valence-corrected chi connectivity index (χ2v) is 4.96. The van der Waals surface area contributed by atoms with Crippen molar-refractivity contribution in [2.24, 2.45) is 5.73 Å². The van der Waals surface area contributed by atoms with Crippen molar-refractivity contribution in [1.29, 1.82) is 0 Å². The number of carbonyl (C=O) groups is 1. The summed E-state index contributed by atoms with van der Waals surface area (Å²) in [5.74, 6) is 0.404. The summed E-state index contributed by atoms with van der Waals surface area (Å²) in [5, 5.41) is 3.25. The van der Waals surface area contributed by atoms with Gasteiger partial charge in [0.05, 0.1) is 5.02 Å². The van der Waals surface area contributed by atoms with Crippen LogP contribution >= 0.6 is 11.6 Å². The second kappa shape index (κ2) is 8.02. The molecule has 1 rings (SSSR count). The van der Waals surface area contributed by atoms with Gasteiger partial charge in [0, 0.05) is 12.6 Å². The number of hydrogen-bond donors (Lipinski definition) is 2. The van der Waals surface area contributed by atoms with E-state index in [2.05, 4.69) is 5.32 Å². The molecule has 0 saturated heterocycles. The third-order valence-corrected chi connectivity index (χ3v) is 2.81. The molecule has 19 heavy (non-hydrogen) atoms. The van der Waals surface area contributed by atoms with E-state index in [1.54, 1.807) is 6.07 Å². The van der Waals surface area contributed by atoms with Gasteiger partial charge < -0.3 is 15.8 Å². The standard InChI is InChI=1S/C14H21ClN2O2/c1-3-7-17-13(18)9-19-14-11(8-10(2)16)5-4-6-12(14)15/h4-6,10H,3,7-9,16H2,1-2H3,(H,17,18). The van der Waals surface area contributed by atoms with Crippen molar-refractivity contribution in [1.82, 2.24) is 5.32 Å². The fourth-order valence-electron chi connectivity index (χ4n) is 1.68. The quantitative estimate of drug-likeness (QED) is 0.806. The minimum Gasteiger partial charge on any atom is -0.482 e. The summed E-state index contributed by atoms with van der Waals surface area (Å²) in [6, 6.07) is 5.51. The Labute approximate surface area is 119 Å². The average Bonchev–Trinajstić information content (AvgIpc) is 2.35. The molecule has 1 aromatic carbocycles. The molecule has 0 aliphatic rings. The predicted molar refractivity (Wildman–Crippen MR) is 77.6 cm³/mol. The van der Waals surface area contributed by atoms with Crippen molar-refractivity contribution >= 4 is 17.5 Å². The molecule has 0 fully saturated rings. The molecule has 0 saturated carbocycles. The Balaban J connectivity index is 2.68. The molecule has 4 nitrogen and oxygen atoms in total. The zero-order valence-corrected chi connectivity index (χ0v) is 12.2. The van der Waals surface area contributed by atoms with Gasteiger partial charge in [-0.05, 0) is 31.4 Å². The molecule has 1 unspecified atom stereocenters. The van der Waals surface area contributed by atoms with Crippen molar-refractivity contribution in [3.8, 4) is 5.75 Å². The summed E-state index contributed by atoms with van der Waals surface area (Å²) in [6.07, 6.45) is 1.56. The van der Waals surface area contributed by atoms with E-state index < -0.39 is 0 Å². The molecule has 0 aliphatic carbocycles. The lowest BCUT2D eigenvalue weighted by Crippen LogP contribution is -2.29. The summed E-state index contributed by atoms with van der Waals surface area (Å²) in [5.41, 5.74) is 6.71. The van der Waals surface area contributed by atoms with Gasteiger partial charge in [-0.25, -0.2) is 0 Å². The van der Waals surface area contributed by atoms with Crippen LogP contribution in [-0.2, 0) is 11.2 Å². The van der Waals surface area contributed by atoms with E-state index in [1.165, 1.54) is 0 Å². The van der Waals surface area contributed by atoms with E-state index in [1.807, 2.05) is 26.0 Å². The van der Waals surface area contributed by atoms with Crippen molar-refractivity contribution in [3.63, 3.8) is 0 Å². The molecule has 1 amide bonds. The zero-order chi connectivity index (χ0) is 14.3. The smallest absolute Gasteiger partial charge is 0.257 e. The van der Waals surface area contributed by atoms with Gasteiger partial charge in [-0.3, -0.25) is 4.79 Å². The number of halogens is 1. The van der Waals surface area contributed by atoms with Gasteiger partial charge in [0.2, 0.25) is 0 Å². The number of rotatable bonds is 7. The van der Waals surface area contributed by atoms with Crippen LogP contribution in [0.4, 0.5) is 0 Å². The van der Waals surface area contributed by atoms with Gasteiger partial charge in [-0.1, -0.05) is 30.7 Å². The summed E-state index contributed by atoms with van der Waals surface area (Å²) < 4.78 is 5.53. The van der Waals surface area contributed by atoms with Crippen LogP contribution in [0.25, 0.3) is 0 Å². The maximum Gasteiger partial charge on any atom is 0.257 e. The summed E-state index contributed by atoms with van der Waals surface area (Å²) in [7, 11) is 0. The monoisotopic (exact) mass is 284 g/mol. The highest BCUT2D eigenvalue weighted by Gasteiger charge is 2.11. The Morgan fingerprint density at radius 1 is 1.53 bits per heavy atom. The van der Waals surface area contributed by atoms with Crippen molar-refractivity contribution in [2.75, 3.05) is 13.2 Å². The molecule has 0 bridgehead atoms. The van der Waals surface area contributed by atoms with Crippen LogP contribution < -0.4 is 15.8 Å². The van der Waals surface area contributed by atoms with Crippen molar-refractivity contribution < 1.29 is 9.53 Å². The van der Waals surface area contributed by atoms with Gasteiger partial charge in [-0.2, -0.15) is 0 Å². The number of hydrogen-bond acceptors (Lipinski definition) is 3. The van der Waals surface area contributed by atoms with Crippen LogP contribution in [0, 0.1) is 0 Å². The first-order valence-electron chi connectivity index (χ1n) is 6.47. The van der Waals surface area contributed by atoms with E-state index in [-0.39, 0.29) is 18.6 Å². The molecule has 106 valence electrons. The van der Waals surface area contributed by atoms with Crippen LogP contribution in [0.15, 0.2) is 18.2 Å². The molecule has 0 spiro atoms. The second-order valence-electron chi connectivity index (χ2n) is 4.55. The fourth-order valence-corrected chi connectivity index (χ4v) is 1.92. The number of ether oxygens (including phenoxy) is 1.